The van der Waals surface area contributed by atoms with Crippen molar-refractivity contribution in [2.75, 3.05) is 5.75 Å². The van der Waals surface area contributed by atoms with Crippen molar-refractivity contribution in [3.05, 3.63) is 42.2 Å². The van der Waals surface area contributed by atoms with E-state index in [9.17, 15) is 22.0 Å². The maximum absolute atomic E-state index is 12.9. The van der Waals surface area contributed by atoms with Crippen molar-refractivity contribution in [3.63, 3.8) is 0 Å². The molecule has 2 aromatic heterocycles. The van der Waals surface area contributed by atoms with Crippen molar-refractivity contribution in [2.45, 2.75) is 17.5 Å². The molecule has 2 heterocycles. The molecule has 132 valence electrons. The highest BCUT2D eigenvalue weighted by Gasteiger charge is 2.31. The van der Waals surface area contributed by atoms with Gasteiger partial charge in [-0.15, -0.1) is 11.8 Å². The van der Waals surface area contributed by atoms with Crippen molar-refractivity contribution in [1.82, 2.24) is 14.5 Å². The number of benzene rings is 1. The number of rotatable bonds is 4. The summed E-state index contributed by atoms with van der Waals surface area (Å²) in [7, 11) is 1.67. The van der Waals surface area contributed by atoms with E-state index in [1.54, 1.807) is 17.7 Å². The number of hydrogen-bond acceptors (Lipinski definition) is 3. The molecule has 0 amide bonds. The Hall–Kier alpha value is -2.16. The number of pyridine rings is 1. The molecule has 0 radical (unpaired) electrons. The van der Waals surface area contributed by atoms with Crippen LogP contribution in [0.3, 0.4) is 0 Å². The van der Waals surface area contributed by atoms with Crippen LogP contribution in [0.25, 0.3) is 22.4 Å². The van der Waals surface area contributed by atoms with Crippen molar-refractivity contribution < 1.29 is 22.0 Å². The molecule has 0 N–H and O–H groups in total. The van der Waals surface area contributed by atoms with Gasteiger partial charge in [-0.25, -0.2) is 13.8 Å². The van der Waals surface area contributed by atoms with Crippen LogP contribution in [-0.2, 0) is 13.2 Å². The molecule has 0 spiro atoms. The molecule has 1 aromatic carbocycles. The summed E-state index contributed by atoms with van der Waals surface area (Å²) in [5, 5.41) is 0. The lowest BCUT2D eigenvalue weighted by atomic mass is 10.2. The van der Waals surface area contributed by atoms with E-state index in [1.165, 1.54) is 18.5 Å². The van der Waals surface area contributed by atoms with Crippen LogP contribution in [0.2, 0.25) is 0 Å². The zero-order valence-electron chi connectivity index (χ0n) is 12.9. The number of aromatic nitrogens is 3. The van der Waals surface area contributed by atoms with Gasteiger partial charge in [0, 0.05) is 29.9 Å². The lowest BCUT2D eigenvalue weighted by Gasteiger charge is -2.08. The fraction of sp³-hybridized carbons (Fsp3) is 0.250. The minimum atomic E-state index is -4.46. The summed E-state index contributed by atoms with van der Waals surface area (Å²) in [5.41, 5.74) is 0.471. The van der Waals surface area contributed by atoms with Gasteiger partial charge in [-0.05, 0) is 24.3 Å². The van der Waals surface area contributed by atoms with Crippen LogP contribution in [0.15, 0.2) is 41.6 Å². The van der Waals surface area contributed by atoms with E-state index >= 15 is 0 Å². The second-order valence-electron chi connectivity index (χ2n) is 5.27. The largest absolute Gasteiger partial charge is 0.416 e. The van der Waals surface area contributed by atoms with Crippen LogP contribution >= 0.6 is 11.8 Å². The number of alkyl halides is 5. The van der Waals surface area contributed by atoms with E-state index in [1.807, 2.05) is 0 Å². The van der Waals surface area contributed by atoms with Gasteiger partial charge in [0.15, 0.2) is 0 Å². The first-order valence-electron chi connectivity index (χ1n) is 7.16. The normalized spacial score (nSPS) is 12.3. The Kier molecular flexibility index (Phi) is 4.68. The van der Waals surface area contributed by atoms with Crippen LogP contribution < -0.4 is 0 Å². The van der Waals surface area contributed by atoms with Gasteiger partial charge in [0.1, 0.15) is 5.82 Å². The molecule has 3 nitrogen and oxygen atoms in total. The van der Waals surface area contributed by atoms with Gasteiger partial charge < -0.3 is 4.57 Å². The average molecular weight is 373 g/mol. The minimum absolute atomic E-state index is 0.189. The quantitative estimate of drug-likeness (QED) is 0.476. The molecule has 9 heteroatoms. The van der Waals surface area contributed by atoms with Gasteiger partial charge in [0.25, 0.3) is 0 Å². The van der Waals surface area contributed by atoms with Crippen LogP contribution in [-0.4, -0.2) is 26.7 Å². The smallest absolute Gasteiger partial charge is 0.327 e. The molecule has 0 atom stereocenters. The van der Waals surface area contributed by atoms with Crippen LogP contribution in [0.4, 0.5) is 22.0 Å². The first kappa shape index (κ1) is 17.7. The van der Waals surface area contributed by atoms with Crippen LogP contribution in [0.1, 0.15) is 5.56 Å². The zero-order valence-corrected chi connectivity index (χ0v) is 13.7. The number of halogens is 5. The molecule has 0 aliphatic rings. The first-order chi connectivity index (χ1) is 11.8. The summed E-state index contributed by atoms with van der Waals surface area (Å²) >= 11 is 0.930. The molecule has 0 unspecified atom stereocenters. The summed E-state index contributed by atoms with van der Waals surface area (Å²) in [6.45, 7) is 0. The van der Waals surface area contributed by atoms with Crippen molar-refractivity contribution >= 4 is 22.8 Å². The molecule has 3 aromatic rings. The predicted molar refractivity (Wildman–Crippen MR) is 85.7 cm³/mol. The third-order valence-electron chi connectivity index (χ3n) is 3.60. The average Bonchev–Trinajstić information content (AvgIpc) is 2.89. The Balaban J connectivity index is 2.09. The molecule has 0 saturated heterocycles. The topological polar surface area (TPSA) is 30.7 Å². The van der Waals surface area contributed by atoms with Crippen molar-refractivity contribution in [1.29, 1.82) is 0 Å². The Labute approximate surface area is 143 Å². The first-order valence-corrected chi connectivity index (χ1v) is 8.15. The number of nitrogens with zero attached hydrogens (tertiary/aromatic N) is 3. The Morgan fingerprint density at radius 2 is 1.96 bits per heavy atom. The maximum Gasteiger partial charge on any atom is 0.416 e. The van der Waals surface area contributed by atoms with E-state index in [0.717, 1.165) is 23.9 Å². The second-order valence-corrected chi connectivity index (χ2v) is 6.33. The van der Waals surface area contributed by atoms with E-state index in [-0.39, 0.29) is 5.52 Å². The molecular weight excluding hydrogens is 361 g/mol. The van der Waals surface area contributed by atoms with E-state index in [2.05, 4.69) is 9.97 Å². The van der Waals surface area contributed by atoms with Gasteiger partial charge >= 0.3 is 6.18 Å². The number of imidazole rings is 1. The fourth-order valence-electron chi connectivity index (χ4n) is 2.45. The van der Waals surface area contributed by atoms with E-state index in [0.29, 0.717) is 21.8 Å². The Morgan fingerprint density at radius 1 is 1.20 bits per heavy atom. The number of aryl methyl sites for hydroxylation is 1. The summed E-state index contributed by atoms with van der Waals surface area (Å²) in [4.78, 5) is 8.70. The van der Waals surface area contributed by atoms with E-state index < -0.39 is 23.9 Å². The monoisotopic (exact) mass is 373 g/mol. The highest BCUT2D eigenvalue weighted by atomic mass is 32.2. The van der Waals surface area contributed by atoms with Gasteiger partial charge in [0.05, 0.1) is 22.3 Å². The van der Waals surface area contributed by atoms with Gasteiger partial charge in [0.2, 0.25) is 6.43 Å². The third kappa shape index (κ3) is 3.60. The number of hydrogen-bond donors (Lipinski definition) is 0. The maximum atomic E-state index is 12.9. The number of thioether (sulfide) groups is 1. The highest BCUT2D eigenvalue weighted by Crippen LogP contribution is 2.35. The standard InChI is InChI=1S/C16H12F5N3S/c1-24-12-3-2-9(16(19,20)21)6-11(12)23-15(24)10-4-5-22-7-13(10)25-8-14(17)18/h2-7,14H,8H2,1H3. The molecule has 0 aliphatic carbocycles. The Bertz CT molecular complexity index is 904. The minimum Gasteiger partial charge on any atom is -0.327 e. The van der Waals surface area contributed by atoms with Gasteiger partial charge in [-0.1, -0.05) is 0 Å². The zero-order chi connectivity index (χ0) is 18.2. The molecule has 0 aliphatic heterocycles. The molecule has 3 rings (SSSR count). The predicted octanol–water partition coefficient (Wildman–Crippen LogP) is 5.01. The SMILES string of the molecule is Cn1c(-c2ccncc2SCC(F)F)nc2cc(C(F)(F)F)ccc21. The summed E-state index contributed by atoms with van der Waals surface area (Å²) < 4.78 is 65.2. The summed E-state index contributed by atoms with van der Waals surface area (Å²) in [5.74, 6) is -0.00518. The molecule has 0 bridgehead atoms. The summed E-state index contributed by atoms with van der Waals surface area (Å²) in [6, 6.07) is 4.93. The summed E-state index contributed by atoms with van der Waals surface area (Å²) in [6.07, 6.45) is -4.00. The highest BCUT2D eigenvalue weighted by molar-refractivity contribution is 7.99. The van der Waals surface area contributed by atoms with Crippen molar-refractivity contribution in [2.24, 2.45) is 7.05 Å². The van der Waals surface area contributed by atoms with Crippen LogP contribution in [0.5, 0.6) is 0 Å². The molecule has 0 saturated carbocycles. The molecular formula is C16H12F5N3S. The van der Waals surface area contributed by atoms with Crippen molar-refractivity contribution in [3.8, 4) is 11.4 Å². The second kappa shape index (κ2) is 6.62. The Morgan fingerprint density at radius 3 is 2.64 bits per heavy atom. The fourth-order valence-corrected chi connectivity index (χ4v) is 3.21. The van der Waals surface area contributed by atoms with Gasteiger partial charge in [-0.3, -0.25) is 4.98 Å². The van der Waals surface area contributed by atoms with E-state index in [4.69, 9.17) is 0 Å². The molecule has 25 heavy (non-hydrogen) atoms. The molecule has 0 fully saturated rings. The van der Waals surface area contributed by atoms with Crippen LogP contribution in [0, 0.1) is 0 Å². The lowest BCUT2D eigenvalue weighted by Crippen LogP contribution is -2.04. The lowest BCUT2D eigenvalue weighted by molar-refractivity contribution is -0.137. The third-order valence-corrected chi connectivity index (χ3v) is 4.65. The number of fused-ring (bicyclic) bond motifs is 1. The van der Waals surface area contributed by atoms with Gasteiger partial charge in [-0.2, -0.15) is 13.2 Å².